The van der Waals surface area contributed by atoms with Crippen LogP contribution >= 0.6 is 0 Å². The van der Waals surface area contributed by atoms with Crippen molar-refractivity contribution in [2.75, 3.05) is 13.7 Å². The number of rotatable bonds is 8. The Hall–Kier alpha value is -1.00. The number of nitrogens with two attached hydrogens (primary N) is 1. The fourth-order valence-corrected chi connectivity index (χ4v) is 4.55. The van der Waals surface area contributed by atoms with Crippen molar-refractivity contribution in [3.8, 4) is 0 Å². The van der Waals surface area contributed by atoms with E-state index in [4.69, 9.17) is 9.88 Å². The summed E-state index contributed by atoms with van der Waals surface area (Å²) in [5.41, 5.74) is 0. The van der Waals surface area contributed by atoms with Crippen molar-refractivity contribution in [2.24, 2.45) is 5.14 Å². The summed E-state index contributed by atoms with van der Waals surface area (Å²) in [5.74, 6) is 0. The van der Waals surface area contributed by atoms with Gasteiger partial charge in [-0.05, 0) is 18.6 Å². The number of nitrogens with one attached hydrogen (secondary N) is 1. The van der Waals surface area contributed by atoms with Crippen LogP contribution < -0.4 is 9.86 Å². The first-order chi connectivity index (χ1) is 9.72. The maximum Gasteiger partial charge on any atom is 0.242 e. The van der Waals surface area contributed by atoms with Gasteiger partial charge in [0.05, 0.1) is 6.61 Å². The summed E-state index contributed by atoms with van der Waals surface area (Å²) in [7, 11) is -6.67. The second kappa shape index (κ2) is 7.32. The van der Waals surface area contributed by atoms with E-state index in [1.54, 1.807) is 0 Å². The molecule has 0 fully saturated rings. The summed E-state index contributed by atoms with van der Waals surface area (Å²) in [4.78, 5) is -0.783. The standard InChI is InChI=1S/C12H20N2O5S2/c1-3-6-10(9-19-2)14-21(17,18)12-8-5-4-7-11(12)20(13,15)16/h4-5,7-8,10,14H,3,6,9H2,1-2H3,(H2,13,15,16). The van der Waals surface area contributed by atoms with Crippen LogP contribution in [-0.2, 0) is 24.8 Å². The molecule has 21 heavy (non-hydrogen) atoms. The van der Waals surface area contributed by atoms with E-state index < -0.39 is 31.0 Å². The quantitative estimate of drug-likeness (QED) is 0.714. The topological polar surface area (TPSA) is 116 Å². The lowest BCUT2D eigenvalue weighted by atomic mass is 10.2. The summed E-state index contributed by atoms with van der Waals surface area (Å²) < 4.78 is 55.2. The fourth-order valence-electron chi connectivity index (χ4n) is 1.92. The van der Waals surface area contributed by atoms with Crippen LogP contribution in [0.25, 0.3) is 0 Å². The highest BCUT2D eigenvalue weighted by Gasteiger charge is 2.26. The number of hydrogen-bond donors (Lipinski definition) is 2. The molecule has 0 bridgehead atoms. The summed E-state index contributed by atoms with van der Waals surface area (Å²) >= 11 is 0. The molecule has 1 rings (SSSR count). The zero-order valence-electron chi connectivity index (χ0n) is 11.9. The van der Waals surface area contributed by atoms with Gasteiger partial charge in [0, 0.05) is 13.2 Å². The predicted octanol–water partition coefficient (Wildman–Crippen LogP) is 0.427. The molecule has 0 saturated heterocycles. The van der Waals surface area contributed by atoms with E-state index in [1.165, 1.54) is 25.3 Å². The molecule has 0 radical (unpaired) electrons. The van der Waals surface area contributed by atoms with Crippen LogP contribution in [0.5, 0.6) is 0 Å². The van der Waals surface area contributed by atoms with Gasteiger partial charge >= 0.3 is 0 Å². The Labute approximate surface area is 125 Å². The van der Waals surface area contributed by atoms with Crippen LogP contribution in [0.3, 0.4) is 0 Å². The molecule has 0 spiro atoms. The van der Waals surface area contributed by atoms with E-state index >= 15 is 0 Å². The van der Waals surface area contributed by atoms with Crippen LogP contribution in [0, 0.1) is 0 Å². The Morgan fingerprint density at radius 3 is 2.24 bits per heavy atom. The van der Waals surface area contributed by atoms with E-state index in [9.17, 15) is 16.8 Å². The van der Waals surface area contributed by atoms with Crippen molar-refractivity contribution in [1.29, 1.82) is 0 Å². The zero-order valence-corrected chi connectivity index (χ0v) is 13.6. The fraction of sp³-hybridized carbons (Fsp3) is 0.500. The van der Waals surface area contributed by atoms with Crippen LogP contribution in [0.4, 0.5) is 0 Å². The largest absolute Gasteiger partial charge is 0.383 e. The third-order valence-electron chi connectivity index (χ3n) is 2.77. The molecule has 7 nitrogen and oxygen atoms in total. The molecule has 1 unspecified atom stereocenters. The molecule has 0 saturated carbocycles. The highest BCUT2D eigenvalue weighted by atomic mass is 32.2. The summed E-state index contributed by atoms with van der Waals surface area (Å²) in [6, 6.07) is 4.79. The minimum Gasteiger partial charge on any atom is -0.383 e. The molecule has 0 aliphatic heterocycles. The Kier molecular flexibility index (Phi) is 6.29. The Morgan fingerprint density at radius 1 is 1.19 bits per heavy atom. The minimum absolute atomic E-state index is 0.199. The monoisotopic (exact) mass is 336 g/mol. The van der Waals surface area contributed by atoms with E-state index in [2.05, 4.69) is 4.72 Å². The van der Waals surface area contributed by atoms with E-state index in [-0.39, 0.29) is 11.5 Å². The molecular weight excluding hydrogens is 316 g/mol. The van der Waals surface area contributed by atoms with E-state index in [1.807, 2.05) is 6.92 Å². The van der Waals surface area contributed by atoms with Crippen molar-refractivity contribution in [3.05, 3.63) is 24.3 Å². The number of methoxy groups -OCH3 is 1. The van der Waals surface area contributed by atoms with Gasteiger partial charge in [-0.15, -0.1) is 0 Å². The molecule has 1 aromatic carbocycles. The van der Waals surface area contributed by atoms with Gasteiger partial charge in [-0.25, -0.2) is 26.7 Å². The lowest BCUT2D eigenvalue weighted by Crippen LogP contribution is -2.38. The molecule has 3 N–H and O–H groups in total. The van der Waals surface area contributed by atoms with Crippen LogP contribution in [0.2, 0.25) is 0 Å². The van der Waals surface area contributed by atoms with Crippen LogP contribution in [0.1, 0.15) is 19.8 Å². The summed E-state index contributed by atoms with van der Waals surface area (Å²) in [6.07, 6.45) is 1.33. The molecule has 1 aromatic rings. The highest BCUT2D eigenvalue weighted by molar-refractivity contribution is 7.92. The first-order valence-electron chi connectivity index (χ1n) is 6.35. The zero-order chi connectivity index (χ0) is 16.1. The van der Waals surface area contributed by atoms with Gasteiger partial charge in [0.1, 0.15) is 9.79 Å². The maximum atomic E-state index is 12.4. The van der Waals surface area contributed by atoms with Gasteiger partial charge in [-0.1, -0.05) is 25.5 Å². The number of ether oxygens (including phenoxy) is 1. The molecular formula is C12H20N2O5S2. The van der Waals surface area contributed by atoms with Gasteiger partial charge in [-0.3, -0.25) is 0 Å². The first-order valence-corrected chi connectivity index (χ1v) is 9.38. The third kappa shape index (κ3) is 5.04. The SMILES string of the molecule is CCCC(COC)NS(=O)(=O)c1ccccc1S(N)(=O)=O. The van der Waals surface area contributed by atoms with Crippen molar-refractivity contribution in [2.45, 2.75) is 35.6 Å². The number of benzene rings is 1. The van der Waals surface area contributed by atoms with Gasteiger partial charge in [0.15, 0.2) is 0 Å². The van der Waals surface area contributed by atoms with Crippen LogP contribution in [-0.4, -0.2) is 36.6 Å². The Balaban J connectivity index is 3.20. The first kappa shape index (κ1) is 18.1. The average molecular weight is 336 g/mol. The second-order valence-electron chi connectivity index (χ2n) is 4.55. The minimum atomic E-state index is -4.13. The van der Waals surface area contributed by atoms with E-state index in [0.29, 0.717) is 6.42 Å². The molecule has 1 atom stereocenters. The van der Waals surface area contributed by atoms with E-state index in [0.717, 1.165) is 12.5 Å². The summed E-state index contributed by atoms with van der Waals surface area (Å²) in [5, 5.41) is 5.06. The molecule has 9 heteroatoms. The summed E-state index contributed by atoms with van der Waals surface area (Å²) in [6.45, 7) is 2.11. The number of hydrogen-bond acceptors (Lipinski definition) is 5. The molecule has 0 amide bonds. The lowest BCUT2D eigenvalue weighted by molar-refractivity contribution is 0.171. The smallest absolute Gasteiger partial charge is 0.242 e. The molecule has 0 aromatic heterocycles. The van der Waals surface area contributed by atoms with Crippen molar-refractivity contribution in [1.82, 2.24) is 4.72 Å². The molecule has 0 aliphatic carbocycles. The molecule has 0 aliphatic rings. The molecule has 120 valence electrons. The van der Waals surface area contributed by atoms with Gasteiger partial charge < -0.3 is 4.74 Å². The van der Waals surface area contributed by atoms with Gasteiger partial charge in [0.2, 0.25) is 20.0 Å². The van der Waals surface area contributed by atoms with Crippen molar-refractivity contribution in [3.63, 3.8) is 0 Å². The van der Waals surface area contributed by atoms with Crippen molar-refractivity contribution >= 4 is 20.0 Å². The lowest BCUT2D eigenvalue weighted by Gasteiger charge is -2.18. The Bertz CT molecular complexity index is 665. The maximum absolute atomic E-state index is 12.4. The highest BCUT2D eigenvalue weighted by Crippen LogP contribution is 2.19. The van der Waals surface area contributed by atoms with Gasteiger partial charge in [0.25, 0.3) is 0 Å². The van der Waals surface area contributed by atoms with Gasteiger partial charge in [-0.2, -0.15) is 0 Å². The number of primary sulfonamides is 1. The van der Waals surface area contributed by atoms with Crippen molar-refractivity contribution < 1.29 is 21.6 Å². The second-order valence-corrected chi connectivity index (χ2v) is 7.77. The Morgan fingerprint density at radius 2 is 1.76 bits per heavy atom. The predicted molar refractivity (Wildman–Crippen MR) is 78.7 cm³/mol. The normalized spacial score (nSPS) is 14.0. The average Bonchev–Trinajstić information content (AvgIpc) is 2.38. The van der Waals surface area contributed by atoms with Crippen LogP contribution in [0.15, 0.2) is 34.1 Å². The number of sulfonamides is 2. The third-order valence-corrected chi connectivity index (χ3v) is 5.45. The molecule has 0 heterocycles.